The summed E-state index contributed by atoms with van der Waals surface area (Å²) in [5, 5.41) is 6.76. The first-order valence-corrected chi connectivity index (χ1v) is 40.5. The maximum atomic E-state index is 15.0. The Balaban J connectivity index is 0.745. The molecule has 0 fully saturated rings. The summed E-state index contributed by atoms with van der Waals surface area (Å²) >= 11 is 0. The molecule has 0 spiro atoms. The number of carbonyl (C=O) groups excluding carboxylic acids is 3. The highest BCUT2D eigenvalue weighted by atomic mass is 16.5. The van der Waals surface area contributed by atoms with Crippen molar-refractivity contribution in [2.24, 2.45) is 0 Å². The molecule has 0 aliphatic heterocycles. The minimum absolute atomic E-state index is 0.359. The predicted octanol–water partition coefficient (Wildman–Crippen LogP) is 28.9. The molecule has 0 amide bonds. The van der Waals surface area contributed by atoms with Crippen LogP contribution in [0.4, 0.5) is 51.2 Å². The Bertz CT molecular complexity index is 6150. The van der Waals surface area contributed by atoms with Crippen LogP contribution in [0.15, 0.2) is 419 Å². The molecule has 0 saturated heterocycles. The summed E-state index contributed by atoms with van der Waals surface area (Å²) < 4.78 is 20.1. The van der Waals surface area contributed by atoms with E-state index in [0.29, 0.717) is 57.1 Å². The Labute approximate surface area is 699 Å². The second kappa shape index (κ2) is 33.4. The second-order valence-electron chi connectivity index (χ2n) is 30.4. The first-order chi connectivity index (χ1) is 58.8. The van der Waals surface area contributed by atoms with Crippen molar-refractivity contribution in [3.05, 3.63) is 469 Å². The van der Waals surface area contributed by atoms with Crippen LogP contribution in [0.25, 0.3) is 65.7 Å². The van der Waals surface area contributed by atoms with Crippen LogP contribution in [0.2, 0.25) is 0 Å². The van der Waals surface area contributed by atoms with Gasteiger partial charge in [-0.25, -0.2) is 14.4 Å². The van der Waals surface area contributed by atoms with Crippen molar-refractivity contribution in [2.45, 2.75) is 39.5 Å². The van der Waals surface area contributed by atoms with Crippen molar-refractivity contribution in [3.8, 4) is 50.6 Å². The lowest BCUT2D eigenvalue weighted by molar-refractivity contribution is 0.0726. The minimum Gasteiger partial charge on any atom is -0.422 e. The van der Waals surface area contributed by atoms with Crippen LogP contribution >= 0.6 is 0 Å². The van der Waals surface area contributed by atoms with Gasteiger partial charge in [-0.3, -0.25) is 0 Å². The highest BCUT2D eigenvalue weighted by Crippen LogP contribution is 2.51. The van der Waals surface area contributed by atoms with Gasteiger partial charge in [0.1, 0.15) is 17.2 Å². The van der Waals surface area contributed by atoms with Crippen molar-refractivity contribution in [1.82, 2.24) is 0 Å². The van der Waals surface area contributed by atoms with E-state index in [2.05, 4.69) is 279 Å². The maximum Gasteiger partial charge on any atom is 0.343 e. The predicted molar refractivity (Wildman–Crippen MR) is 491 cm³/mol. The first-order valence-electron chi connectivity index (χ1n) is 40.5. The summed E-state index contributed by atoms with van der Waals surface area (Å²) in [6.45, 7) is 8.33. The van der Waals surface area contributed by atoms with Gasteiger partial charge >= 0.3 is 17.9 Å². The van der Waals surface area contributed by atoms with Crippen LogP contribution in [-0.2, 0) is 5.41 Å². The topological polar surface area (TPSA) is 88.6 Å². The number of hydrogen-bond acceptors (Lipinski definition) is 9. The van der Waals surface area contributed by atoms with Gasteiger partial charge in [-0.1, -0.05) is 260 Å². The van der Waals surface area contributed by atoms with E-state index in [1.54, 1.807) is 0 Å². The lowest BCUT2D eigenvalue weighted by Gasteiger charge is -2.37. The van der Waals surface area contributed by atoms with E-state index in [1.165, 1.54) is 0 Å². The van der Waals surface area contributed by atoms with Crippen LogP contribution < -0.4 is 28.9 Å². The van der Waals surface area contributed by atoms with E-state index in [0.717, 1.165) is 134 Å². The van der Waals surface area contributed by atoms with Gasteiger partial charge in [0.2, 0.25) is 0 Å². The summed E-state index contributed by atoms with van der Waals surface area (Å²) in [5.41, 5.74) is 18.8. The number of para-hydroxylation sites is 3. The summed E-state index contributed by atoms with van der Waals surface area (Å²) in [5.74, 6) is -0.507. The molecule has 0 unspecified atom stereocenters. The normalized spacial score (nSPS) is 11.3. The average Bonchev–Trinajstić information content (AvgIpc) is 0.731. The summed E-state index contributed by atoms with van der Waals surface area (Å²) in [7, 11) is 0. The molecule has 9 heteroatoms. The van der Waals surface area contributed by atoms with Gasteiger partial charge in [-0.05, 0) is 275 Å². The minimum atomic E-state index is -1.06. The summed E-state index contributed by atoms with van der Waals surface area (Å²) in [4.78, 5) is 51.7. The Kier molecular flexibility index (Phi) is 21.1. The van der Waals surface area contributed by atoms with Gasteiger partial charge in [0.05, 0.1) is 16.7 Å². The van der Waals surface area contributed by atoms with Crippen LogP contribution in [0.3, 0.4) is 0 Å². The van der Waals surface area contributed by atoms with E-state index >= 15 is 14.4 Å². The number of benzene rings is 18. The van der Waals surface area contributed by atoms with Crippen molar-refractivity contribution in [1.29, 1.82) is 0 Å². The number of rotatable bonds is 22. The largest absolute Gasteiger partial charge is 0.422 e. The molecule has 120 heavy (non-hydrogen) atoms. The zero-order chi connectivity index (χ0) is 81.6. The fourth-order valence-corrected chi connectivity index (χ4v) is 16.4. The molecular formula is C111H83N3O6. The lowest BCUT2D eigenvalue weighted by atomic mass is 9.66. The molecule has 0 aromatic heterocycles. The van der Waals surface area contributed by atoms with Crippen LogP contribution in [0.5, 0.6) is 17.2 Å². The van der Waals surface area contributed by atoms with E-state index in [9.17, 15) is 0 Å². The molecule has 0 saturated carbocycles. The molecule has 0 aliphatic rings. The number of aryl methyl sites for hydroxylation is 3. The Morgan fingerprint density at radius 2 is 0.467 bits per heavy atom. The molecule has 0 bridgehead atoms. The molecule has 0 aliphatic carbocycles. The summed E-state index contributed by atoms with van der Waals surface area (Å²) in [6.07, 6.45) is 0.473. The number of fused-ring (bicyclic) bond motifs is 3. The Hall–Kier alpha value is -15.5. The standard InChI is InChI=1S/C111H83N3O6/c1-5-111(90-54-66-105(102(72-90)81-39-33-75(2)34-40-81)118-108(115)84-48-57-96(58-49-84)112(93-27-9-6-10-28-93)99-63-45-78-21-15-18-24-87(78)69-99,91-55-67-106(103(73-91)82-41-35-76(3)36-42-82)119-109(116)85-50-59-97(60-51-85)113(94-29-11-7-12-30-94)100-64-46-79-22-16-19-25-88(79)70-100)92-56-68-107(104(74-92)83-43-37-77(4)38-44-83)120-110(117)86-52-61-98(62-53-86)114(95-31-13-8-14-32-95)101-65-47-80-23-17-20-26-89(80)71-101/h6-74H,5H2,1-4H3. The molecule has 18 rings (SSSR count). The second-order valence-corrected chi connectivity index (χ2v) is 30.4. The Morgan fingerprint density at radius 1 is 0.233 bits per heavy atom. The van der Waals surface area contributed by atoms with Crippen molar-refractivity contribution in [3.63, 3.8) is 0 Å². The Morgan fingerprint density at radius 3 is 0.725 bits per heavy atom. The molecule has 9 nitrogen and oxygen atoms in total. The van der Waals surface area contributed by atoms with Gasteiger partial charge < -0.3 is 28.9 Å². The SMILES string of the molecule is CCC(c1ccc(OC(=O)c2ccc(N(c3ccccc3)c3ccc4ccccc4c3)cc2)c(-c2ccc(C)cc2)c1)(c1ccc(OC(=O)c2ccc(N(c3ccccc3)c3ccc4ccccc4c3)cc2)c(-c2ccc(C)cc2)c1)c1ccc(OC(=O)c2ccc(N(c3ccccc3)c3ccc4ccccc4c3)cc2)c(-c2ccc(C)cc2)c1. The molecule has 0 heterocycles. The third kappa shape index (κ3) is 15.6. The quantitative estimate of drug-likeness (QED) is 0.0374. The molecule has 0 atom stereocenters. The van der Waals surface area contributed by atoms with Gasteiger partial charge in [0.25, 0.3) is 0 Å². The van der Waals surface area contributed by atoms with Crippen LogP contribution in [-0.4, -0.2) is 17.9 Å². The monoisotopic (exact) mass is 1550 g/mol. The molecule has 0 radical (unpaired) electrons. The van der Waals surface area contributed by atoms with Crippen LogP contribution in [0, 0.1) is 20.8 Å². The first kappa shape index (κ1) is 75.9. The number of anilines is 9. The van der Waals surface area contributed by atoms with Gasteiger partial charge in [-0.2, -0.15) is 0 Å². The maximum absolute atomic E-state index is 15.0. The third-order valence-electron chi connectivity index (χ3n) is 22.7. The van der Waals surface area contributed by atoms with E-state index in [-0.39, 0.29) is 0 Å². The zero-order valence-electron chi connectivity index (χ0n) is 66.8. The van der Waals surface area contributed by atoms with Crippen molar-refractivity contribution < 1.29 is 28.6 Å². The van der Waals surface area contributed by atoms with E-state index in [1.807, 2.05) is 182 Å². The number of hydrogen-bond donors (Lipinski definition) is 0. The number of esters is 3. The molecule has 0 N–H and O–H groups in total. The third-order valence-corrected chi connectivity index (χ3v) is 22.7. The van der Waals surface area contributed by atoms with Crippen molar-refractivity contribution >= 4 is 101 Å². The molecule has 18 aromatic rings. The highest BCUT2D eigenvalue weighted by Gasteiger charge is 2.38. The van der Waals surface area contributed by atoms with Gasteiger partial charge in [0.15, 0.2) is 0 Å². The van der Waals surface area contributed by atoms with Crippen LogP contribution in [0.1, 0.15) is 77.8 Å². The molecular weight excluding hydrogens is 1470 g/mol. The van der Waals surface area contributed by atoms with Crippen molar-refractivity contribution in [2.75, 3.05) is 14.7 Å². The average molecular weight is 1550 g/mol. The highest BCUT2D eigenvalue weighted by molar-refractivity contribution is 5.98. The smallest absolute Gasteiger partial charge is 0.343 e. The lowest BCUT2D eigenvalue weighted by Crippen LogP contribution is -2.29. The van der Waals surface area contributed by atoms with Gasteiger partial charge in [-0.15, -0.1) is 0 Å². The molecule has 18 aromatic carbocycles. The fourth-order valence-electron chi connectivity index (χ4n) is 16.4. The number of nitrogens with zero attached hydrogens (tertiary/aromatic N) is 3. The zero-order valence-corrected chi connectivity index (χ0v) is 66.8. The van der Waals surface area contributed by atoms with Gasteiger partial charge in [0, 0.05) is 73.3 Å². The number of ether oxygens (including phenoxy) is 3. The van der Waals surface area contributed by atoms with E-state index < -0.39 is 23.3 Å². The molecule has 578 valence electrons. The van der Waals surface area contributed by atoms with E-state index in [4.69, 9.17) is 14.2 Å². The summed E-state index contributed by atoms with van der Waals surface area (Å²) in [6, 6.07) is 141. The fraction of sp³-hybridized carbons (Fsp3) is 0.0541. The number of carbonyl (C=O) groups is 3.